The number of hydrogen-bond donors (Lipinski definition) is 1. The van der Waals surface area contributed by atoms with Crippen molar-refractivity contribution >= 4 is 51.9 Å². The number of anilines is 1. The molecular formula is C28H45BrINO4S. The number of aliphatic hydroxyl groups is 1. The van der Waals surface area contributed by atoms with Crippen molar-refractivity contribution in [1.29, 1.82) is 0 Å². The highest BCUT2D eigenvalue weighted by atomic mass is 127. The maximum absolute atomic E-state index is 11.3. The number of fused-ring (bicyclic) bond motifs is 1. The molecule has 0 fully saturated rings. The van der Waals surface area contributed by atoms with Gasteiger partial charge in [0.2, 0.25) is 0 Å². The van der Waals surface area contributed by atoms with Crippen LogP contribution in [0.4, 0.5) is 5.69 Å². The van der Waals surface area contributed by atoms with Gasteiger partial charge in [0, 0.05) is 53.9 Å². The molecule has 2 aromatic rings. The highest BCUT2D eigenvalue weighted by Crippen LogP contribution is 2.51. The zero-order valence-electron chi connectivity index (χ0n) is 23.6. The van der Waals surface area contributed by atoms with E-state index in [0.29, 0.717) is 24.5 Å². The first-order chi connectivity index (χ1) is 17.3. The van der Waals surface area contributed by atoms with E-state index in [-0.39, 0.29) is 5.41 Å². The first-order valence-electron chi connectivity index (χ1n) is 12.6. The molecule has 2 aromatic carbocycles. The van der Waals surface area contributed by atoms with E-state index in [0.717, 1.165) is 27.0 Å². The van der Waals surface area contributed by atoms with Gasteiger partial charge in [-0.15, -0.1) is 0 Å². The van der Waals surface area contributed by atoms with Crippen LogP contribution in [0.25, 0.3) is 0 Å². The molecule has 0 radical (unpaired) electrons. The first kappa shape index (κ1) is 35.2. The molecule has 0 saturated heterocycles. The fourth-order valence-corrected chi connectivity index (χ4v) is 5.85. The van der Waals surface area contributed by atoms with E-state index >= 15 is 0 Å². The summed E-state index contributed by atoms with van der Waals surface area (Å²) in [5, 5.41) is 11.3. The van der Waals surface area contributed by atoms with E-state index in [1.54, 1.807) is 30.4 Å². The lowest BCUT2D eigenvalue weighted by Crippen LogP contribution is -2.43. The summed E-state index contributed by atoms with van der Waals surface area (Å²) in [6, 6.07) is 9.86. The third-order valence-electron chi connectivity index (χ3n) is 5.67. The zero-order valence-corrected chi connectivity index (χ0v) is 28.1. The monoisotopic (exact) mass is 697 g/mol. The molecule has 0 spiro atoms. The second-order valence-electron chi connectivity index (χ2n) is 8.07. The van der Waals surface area contributed by atoms with Crippen LogP contribution in [0.5, 0.6) is 17.2 Å². The molecule has 0 aliphatic carbocycles. The van der Waals surface area contributed by atoms with Crippen LogP contribution in [0.2, 0.25) is 0 Å². The Bertz CT molecular complexity index is 900. The molecule has 0 saturated carbocycles. The van der Waals surface area contributed by atoms with Crippen LogP contribution >= 0.6 is 46.3 Å². The SMILES string of the molecule is CC.CC.CCCC.COc1cc2c(cc1Br)C(O)C(C)(Cc1ccc(OC)c(OC)c1)CN2SI. The molecule has 1 N–H and O–H groups in total. The normalized spacial score (nSPS) is 17.7. The number of rotatable bonds is 7. The highest BCUT2D eigenvalue weighted by Gasteiger charge is 2.43. The molecule has 3 rings (SSSR count). The van der Waals surface area contributed by atoms with Crippen molar-refractivity contribution in [2.45, 2.75) is 73.8 Å². The highest BCUT2D eigenvalue weighted by molar-refractivity contribution is 14.2. The quantitative estimate of drug-likeness (QED) is 0.230. The summed E-state index contributed by atoms with van der Waals surface area (Å²) in [4.78, 5) is 0. The van der Waals surface area contributed by atoms with Crippen LogP contribution in [0.15, 0.2) is 34.8 Å². The lowest BCUT2D eigenvalue weighted by atomic mass is 9.73. The molecule has 8 heteroatoms. The fraction of sp³-hybridized carbons (Fsp3) is 0.571. The number of halogens is 2. The van der Waals surface area contributed by atoms with Gasteiger partial charge in [0.15, 0.2) is 11.5 Å². The van der Waals surface area contributed by atoms with Gasteiger partial charge in [-0.05, 0) is 46.1 Å². The molecule has 0 amide bonds. The van der Waals surface area contributed by atoms with Gasteiger partial charge in [-0.25, -0.2) is 0 Å². The number of methoxy groups -OCH3 is 3. The first-order valence-corrected chi connectivity index (χ1v) is 16.7. The Morgan fingerprint density at radius 2 is 1.53 bits per heavy atom. The Balaban J connectivity index is 0.00000137. The van der Waals surface area contributed by atoms with Crippen LogP contribution in [-0.2, 0) is 6.42 Å². The van der Waals surface area contributed by atoms with Crippen molar-refractivity contribution in [2.75, 3.05) is 32.2 Å². The van der Waals surface area contributed by atoms with Crippen molar-refractivity contribution in [3.8, 4) is 17.2 Å². The number of benzene rings is 2. The molecule has 1 heterocycles. The number of aliphatic hydroxyl groups excluding tert-OH is 1. The maximum Gasteiger partial charge on any atom is 0.160 e. The van der Waals surface area contributed by atoms with Crippen molar-refractivity contribution in [3.63, 3.8) is 0 Å². The van der Waals surface area contributed by atoms with Gasteiger partial charge in [0.25, 0.3) is 0 Å². The van der Waals surface area contributed by atoms with E-state index in [9.17, 15) is 5.11 Å². The number of nitrogens with zero attached hydrogens (tertiary/aromatic N) is 1. The van der Waals surface area contributed by atoms with Gasteiger partial charge < -0.3 is 23.6 Å². The van der Waals surface area contributed by atoms with E-state index in [1.165, 1.54) is 12.8 Å². The number of ether oxygens (including phenoxy) is 3. The maximum atomic E-state index is 11.3. The number of hydrogen-bond acceptors (Lipinski definition) is 6. The van der Waals surface area contributed by atoms with Crippen LogP contribution in [0.3, 0.4) is 0 Å². The fourth-order valence-electron chi connectivity index (χ4n) is 3.70. The largest absolute Gasteiger partial charge is 0.495 e. The third-order valence-corrected chi connectivity index (χ3v) is 8.21. The molecule has 0 bridgehead atoms. The second-order valence-corrected chi connectivity index (χ2v) is 10.7. The van der Waals surface area contributed by atoms with Crippen LogP contribution in [0, 0.1) is 5.41 Å². The summed E-state index contributed by atoms with van der Waals surface area (Å²) in [7, 11) is 6.53. The van der Waals surface area contributed by atoms with Crippen molar-refractivity contribution in [3.05, 3.63) is 45.9 Å². The smallest absolute Gasteiger partial charge is 0.160 e. The molecule has 1 aliphatic heterocycles. The molecule has 0 aromatic heterocycles. The Kier molecular flexibility index (Phi) is 18.0. The summed E-state index contributed by atoms with van der Waals surface area (Å²) < 4.78 is 19.3. The van der Waals surface area contributed by atoms with Crippen molar-refractivity contribution < 1.29 is 19.3 Å². The molecule has 2 atom stereocenters. The summed E-state index contributed by atoms with van der Waals surface area (Å²) in [5.74, 6) is 2.15. The summed E-state index contributed by atoms with van der Waals surface area (Å²) in [5.41, 5.74) is 2.59. The standard InChI is InChI=1S/C20H23BrINO4S.C4H10.2C2H6/c1-20(10-12-5-6-16(25-2)18(7-12)27-4)11-23(28-22)15-9-17(26-3)14(21)8-13(15)19(20)24;1-3-4-2;2*1-2/h5-9,19,24H,10-11H2,1-4H3;3-4H2,1-2H3;2*1-2H3. The lowest BCUT2D eigenvalue weighted by Gasteiger charge is -2.45. The zero-order chi connectivity index (χ0) is 27.9. The van der Waals surface area contributed by atoms with Crippen LogP contribution in [0.1, 0.15) is 78.5 Å². The molecular weight excluding hydrogens is 653 g/mol. The topological polar surface area (TPSA) is 51.2 Å². The minimum Gasteiger partial charge on any atom is -0.495 e. The van der Waals surface area contributed by atoms with E-state index in [2.05, 4.69) is 62.2 Å². The van der Waals surface area contributed by atoms with Gasteiger partial charge in [-0.1, -0.05) is 67.4 Å². The van der Waals surface area contributed by atoms with Crippen molar-refractivity contribution in [1.82, 2.24) is 0 Å². The van der Waals surface area contributed by atoms with Gasteiger partial charge in [0.05, 0.1) is 37.6 Å². The average molecular weight is 699 g/mol. The molecule has 36 heavy (non-hydrogen) atoms. The summed E-state index contributed by atoms with van der Waals surface area (Å²) in [6.07, 6.45) is 2.73. The average Bonchev–Trinajstić information content (AvgIpc) is 2.93. The van der Waals surface area contributed by atoms with Gasteiger partial charge in [-0.2, -0.15) is 0 Å². The molecule has 5 nitrogen and oxygen atoms in total. The van der Waals surface area contributed by atoms with Gasteiger partial charge in [0.1, 0.15) is 5.75 Å². The van der Waals surface area contributed by atoms with E-state index in [1.807, 2.05) is 58.0 Å². The summed E-state index contributed by atoms with van der Waals surface area (Å²) in [6.45, 7) is 15.2. The van der Waals surface area contributed by atoms with Gasteiger partial charge >= 0.3 is 0 Å². The second kappa shape index (κ2) is 18.4. The van der Waals surface area contributed by atoms with E-state index in [4.69, 9.17) is 14.2 Å². The van der Waals surface area contributed by atoms with E-state index < -0.39 is 6.10 Å². The predicted octanol–water partition coefficient (Wildman–Crippen LogP) is 9.43. The van der Waals surface area contributed by atoms with Crippen LogP contribution < -0.4 is 18.5 Å². The minimum absolute atomic E-state index is 0.376. The Labute approximate surface area is 244 Å². The van der Waals surface area contributed by atoms with Gasteiger partial charge in [-0.3, -0.25) is 0 Å². The third kappa shape index (κ3) is 9.17. The molecule has 1 aliphatic rings. The Hall–Kier alpha value is -0.840. The van der Waals surface area contributed by atoms with Crippen molar-refractivity contribution in [2.24, 2.45) is 5.41 Å². The number of unbranched alkanes of at least 4 members (excludes halogenated alkanes) is 1. The molecule has 2 unspecified atom stereocenters. The van der Waals surface area contributed by atoms with Crippen LogP contribution in [-0.4, -0.2) is 33.0 Å². The Morgan fingerprint density at radius 1 is 0.972 bits per heavy atom. The molecule has 206 valence electrons. The lowest BCUT2D eigenvalue weighted by molar-refractivity contribution is 0.0378. The Morgan fingerprint density at radius 3 is 2.00 bits per heavy atom. The predicted molar refractivity (Wildman–Crippen MR) is 169 cm³/mol. The minimum atomic E-state index is -0.613. The summed E-state index contributed by atoms with van der Waals surface area (Å²) >= 11 is 5.83.